The number of ether oxygens (including phenoxy) is 1. The van der Waals surface area contributed by atoms with Crippen molar-refractivity contribution >= 4 is 11.6 Å². The van der Waals surface area contributed by atoms with Crippen LogP contribution in [-0.4, -0.2) is 23.0 Å². The number of hydrogen-bond donors (Lipinski definition) is 1. The second-order valence-electron chi connectivity index (χ2n) is 5.57. The van der Waals surface area contributed by atoms with Crippen molar-refractivity contribution in [2.24, 2.45) is 0 Å². The molecular formula is C20H19N3O2. The lowest BCUT2D eigenvalue weighted by Gasteiger charge is -2.17. The molecule has 5 nitrogen and oxygen atoms in total. The van der Waals surface area contributed by atoms with Crippen molar-refractivity contribution in [1.29, 1.82) is 0 Å². The zero-order valence-electron chi connectivity index (χ0n) is 13.9. The van der Waals surface area contributed by atoms with Gasteiger partial charge in [-0.2, -0.15) is 0 Å². The summed E-state index contributed by atoms with van der Waals surface area (Å²) in [5.41, 5.74) is 2.46. The molecule has 0 aliphatic carbocycles. The van der Waals surface area contributed by atoms with Gasteiger partial charge in [-0.05, 0) is 23.8 Å². The Kier molecular flexibility index (Phi) is 5.36. The van der Waals surface area contributed by atoms with Gasteiger partial charge in [0.2, 0.25) is 11.8 Å². The molecule has 1 unspecified atom stereocenters. The predicted molar refractivity (Wildman–Crippen MR) is 96.5 cm³/mol. The number of aromatic nitrogens is 2. The summed E-state index contributed by atoms with van der Waals surface area (Å²) < 4.78 is 5.04. The zero-order valence-corrected chi connectivity index (χ0v) is 13.9. The van der Waals surface area contributed by atoms with Crippen LogP contribution in [0.3, 0.4) is 0 Å². The Morgan fingerprint density at radius 2 is 1.84 bits per heavy atom. The highest BCUT2D eigenvalue weighted by molar-refractivity contribution is 5.95. The van der Waals surface area contributed by atoms with Crippen molar-refractivity contribution in [2.45, 2.75) is 12.3 Å². The molecule has 0 fully saturated rings. The maximum absolute atomic E-state index is 12.9. The summed E-state index contributed by atoms with van der Waals surface area (Å²) in [4.78, 5) is 21.3. The standard InChI is InChI=1S/C20H19N3O2/c1-25-19-11-10-17(14-22-19)23-20(24)18(15-7-3-2-4-8-15)13-16-9-5-6-12-21-16/h2-12,14,18H,13H2,1H3,(H,23,24). The van der Waals surface area contributed by atoms with Gasteiger partial charge in [0.25, 0.3) is 0 Å². The molecule has 0 aliphatic heterocycles. The van der Waals surface area contributed by atoms with Gasteiger partial charge in [-0.3, -0.25) is 9.78 Å². The third-order valence-corrected chi connectivity index (χ3v) is 3.87. The molecule has 1 N–H and O–H groups in total. The zero-order chi connectivity index (χ0) is 17.5. The van der Waals surface area contributed by atoms with Crippen molar-refractivity contribution in [3.8, 4) is 5.88 Å². The summed E-state index contributed by atoms with van der Waals surface area (Å²) in [6, 6.07) is 18.9. The first-order valence-electron chi connectivity index (χ1n) is 8.02. The van der Waals surface area contributed by atoms with Crippen LogP contribution in [0.25, 0.3) is 0 Å². The highest BCUT2D eigenvalue weighted by Crippen LogP contribution is 2.22. The first-order chi connectivity index (χ1) is 12.3. The van der Waals surface area contributed by atoms with Crippen LogP contribution in [0.1, 0.15) is 17.2 Å². The molecule has 0 radical (unpaired) electrons. The number of rotatable bonds is 6. The van der Waals surface area contributed by atoms with Crippen LogP contribution in [0, 0.1) is 0 Å². The van der Waals surface area contributed by atoms with E-state index in [0.29, 0.717) is 18.0 Å². The Morgan fingerprint density at radius 3 is 2.48 bits per heavy atom. The average Bonchev–Trinajstić information content (AvgIpc) is 2.68. The minimum absolute atomic E-state index is 0.0937. The van der Waals surface area contributed by atoms with Crippen LogP contribution in [0.15, 0.2) is 73.1 Å². The number of carbonyl (C=O) groups excluding carboxylic acids is 1. The van der Waals surface area contributed by atoms with Crippen molar-refractivity contribution in [2.75, 3.05) is 12.4 Å². The van der Waals surface area contributed by atoms with Crippen LogP contribution >= 0.6 is 0 Å². The van der Waals surface area contributed by atoms with E-state index in [1.54, 1.807) is 31.6 Å². The third-order valence-electron chi connectivity index (χ3n) is 3.87. The summed E-state index contributed by atoms with van der Waals surface area (Å²) in [5.74, 6) is 0.0770. The number of nitrogens with zero attached hydrogens (tertiary/aromatic N) is 2. The first-order valence-corrected chi connectivity index (χ1v) is 8.02. The Hall–Kier alpha value is -3.21. The smallest absolute Gasteiger partial charge is 0.232 e. The molecule has 0 bridgehead atoms. The summed E-state index contributed by atoms with van der Waals surface area (Å²) >= 11 is 0. The largest absolute Gasteiger partial charge is 0.481 e. The molecule has 1 amide bonds. The van der Waals surface area contributed by atoms with Crippen LogP contribution in [0.4, 0.5) is 5.69 Å². The Labute approximate surface area is 146 Å². The number of nitrogens with one attached hydrogen (secondary N) is 1. The number of hydrogen-bond acceptors (Lipinski definition) is 4. The molecular weight excluding hydrogens is 314 g/mol. The predicted octanol–water partition coefficient (Wildman–Crippen LogP) is 3.45. The first kappa shape index (κ1) is 16.6. The van der Waals surface area contributed by atoms with Crippen LogP contribution < -0.4 is 10.1 Å². The molecule has 2 aromatic heterocycles. The topological polar surface area (TPSA) is 64.1 Å². The SMILES string of the molecule is COc1ccc(NC(=O)C(Cc2ccccn2)c2ccccc2)cn1. The van der Waals surface area contributed by atoms with Gasteiger partial charge in [0.1, 0.15) is 0 Å². The number of methoxy groups -OCH3 is 1. The van der Waals surface area contributed by atoms with E-state index in [2.05, 4.69) is 15.3 Å². The lowest BCUT2D eigenvalue weighted by molar-refractivity contribution is -0.117. The molecule has 0 saturated carbocycles. The molecule has 1 atom stereocenters. The monoisotopic (exact) mass is 333 g/mol. The molecule has 1 aromatic carbocycles. The van der Waals surface area contributed by atoms with Gasteiger partial charge in [0.05, 0.1) is 24.9 Å². The van der Waals surface area contributed by atoms with E-state index in [4.69, 9.17) is 4.74 Å². The van der Waals surface area contributed by atoms with E-state index in [1.165, 1.54) is 0 Å². The number of pyridine rings is 2. The highest BCUT2D eigenvalue weighted by Gasteiger charge is 2.21. The van der Waals surface area contributed by atoms with E-state index in [1.807, 2.05) is 48.5 Å². The number of carbonyl (C=O) groups is 1. The van der Waals surface area contributed by atoms with Gasteiger partial charge in [-0.1, -0.05) is 36.4 Å². The Bertz CT molecular complexity index is 805. The Balaban J connectivity index is 1.81. The van der Waals surface area contributed by atoms with E-state index in [9.17, 15) is 4.79 Å². The van der Waals surface area contributed by atoms with Crippen molar-refractivity contribution in [1.82, 2.24) is 9.97 Å². The fraction of sp³-hybridized carbons (Fsp3) is 0.150. The molecule has 0 spiro atoms. The molecule has 126 valence electrons. The third kappa shape index (κ3) is 4.41. The molecule has 2 heterocycles. The fourth-order valence-corrected chi connectivity index (χ4v) is 2.58. The lowest BCUT2D eigenvalue weighted by atomic mass is 9.93. The van der Waals surface area contributed by atoms with E-state index < -0.39 is 0 Å². The number of amides is 1. The van der Waals surface area contributed by atoms with Crippen LogP contribution in [0.2, 0.25) is 0 Å². The van der Waals surface area contributed by atoms with Gasteiger partial charge in [0, 0.05) is 24.4 Å². The highest BCUT2D eigenvalue weighted by atomic mass is 16.5. The van der Waals surface area contributed by atoms with E-state index in [-0.39, 0.29) is 11.8 Å². The summed E-state index contributed by atoms with van der Waals surface area (Å²) in [7, 11) is 1.55. The maximum atomic E-state index is 12.9. The average molecular weight is 333 g/mol. The molecule has 25 heavy (non-hydrogen) atoms. The van der Waals surface area contributed by atoms with Gasteiger partial charge in [0.15, 0.2) is 0 Å². The number of anilines is 1. The fourth-order valence-electron chi connectivity index (χ4n) is 2.58. The maximum Gasteiger partial charge on any atom is 0.232 e. The molecule has 0 aliphatic rings. The summed E-state index contributed by atoms with van der Waals surface area (Å²) in [6.45, 7) is 0. The van der Waals surface area contributed by atoms with Crippen LogP contribution in [-0.2, 0) is 11.2 Å². The van der Waals surface area contributed by atoms with E-state index >= 15 is 0 Å². The number of benzene rings is 1. The second-order valence-corrected chi connectivity index (χ2v) is 5.57. The molecule has 0 saturated heterocycles. The summed E-state index contributed by atoms with van der Waals surface area (Å²) in [5, 5.41) is 2.93. The Morgan fingerprint density at radius 1 is 1.04 bits per heavy atom. The van der Waals surface area contributed by atoms with Crippen molar-refractivity contribution in [3.05, 3.63) is 84.3 Å². The quantitative estimate of drug-likeness (QED) is 0.750. The normalized spacial score (nSPS) is 11.6. The van der Waals surface area contributed by atoms with Crippen LogP contribution in [0.5, 0.6) is 5.88 Å². The summed E-state index contributed by atoms with van der Waals surface area (Å²) in [6.07, 6.45) is 3.85. The van der Waals surface area contributed by atoms with Gasteiger partial charge in [-0.25, -0.2) is 4.98 Å². The second kappa shape index (κ2) is 8.06. The minimum Gasteiger partial charge on any atom is -0.481 e. The van der Waals surface area contributed by atoms with E-state index in [0.717, 1.165) is 11.3 Å². The van der Waals surface area contributed by atoms with Gasteiger partial charge in [-0.15, -0.1) is 0 Å². The van der Waals surface area contributed by atoms with Crippen molar-refractivity contribution in [3.63, 3.8) is 0 Å². The lowest BCUT2D eigenvalue weighted by Crippen LogP contribution is -2.23. The molecule has 3 rings (SSSR count). The van der Waals surface area contributed by atoms with Crippen molar-refractivity contribution < 1.29 is 9.53 Å². The minimum atomic E-state index is -0.335. The van der Waals surface area contributed by atoms with Gasteiger partial charge >= 0.3 is 0 Å². The van der Waals surface area contributed by atoms with Gasteiger partial charge < -0.3 is 10.1 Å². The molecule has 5 heteroatoms. The molecule has 3 aromatic rings.